The predicted molar refractivity (Wildman–Crippen MR) is 107 cm³/mol. The Morgan fingerprint density at radius 2 is 1.39 bits per heavy atom. The van der Waals surface area contributed by atoms with Crippen molar-refractivity contribution in [2.45, 2.75) is 19.3 Å². The highest BCUT2D eigenvalue weighted by Crippen LogP contribution is 2.18. The van der Waals surface area contributed by atoms with E-state index in [0.29, 0.717) is 12.2 Å². The van der Waals surface area contributed by atoms with E-state index in [1.54, 1.807) is 24.3 Å². The normalized spacial score (nSPS) is 11.5. The van der Waals surface area contributed by atoms with Gasteiger partial charge in [0.05, 0.1) is 12.6 Å². The molecule has 3 aromatic rings. The van der Waals surface area contributed by atoms with Crippen LogP contribution < -0.4 is 10.1 Å². The molecule has 0 saturated heterocycles. The lowest BCUT2D eigenvalue weighted by Gasteiger charge is -2.13. The largest absolute Gasteiger partial charge is 0.489 e. The first-order valence-corrected chi connectivity index (χ1v) is 9.10. The number of benzene rings is 3. The molecule has 3 aromatic carbocycles. The van der Waals surface area contributed by atoms with Crippen molar-refractivity contribution in [2.24, 2.45) is 0 Å². The van der Waals surface area contributed by atoms with Crippen LogP contribution in [0.3, 0.4) is 0 Å². The monoisotopic (exact) mass is 377 g/mol. The van der Waals surface area contributed by atoms with Crippen LogP contribution in [-0.2, 0) is 18.0 Å². The molecule has 0 spiro atoms. The van der Waals surface area contributed by atoms with Gasteiger partial charge in [-0.25, -0.2) is 4.79 Å². The molecule has 0 saturated carbocycles. The SMILES string of the molecule is O=C(NC[C@@H](O)c1ccc(OCc2ccccc2)cc1)OCc1ccccc1. The number of hydrogen-bond donors (Lipinski definition) is 2. The number of aliphatic hydroxyl groups excluding tert-OH is 1. The molecule has 0 aliphatic carbocycles. The number of amides is 1. The molecule has 5 nitrogen and oxygen atoms in total. The first kappa shape index (κ1) is 19.5. The van der Waals surface area contributed by atoms with E-state index in [-0.39, 0.29) is 13.2 Å². The second kappa shape index (κ2) is 10.1. The number of nitrogens with one attached hydrogen (secondary N) is 1. The molecule has 3 rings (SSSR count). The molecule has 5 heteroatoms. The van der Waals surface area contributed by atoms with Gasteiger partial charge in [0.15, 0.2) is 0 Å². The van der Waals surface area contributed by atoms with Crippen molar-refractivity contribution in [3.05, 3.63) is 102 Å². The zero-order chi connectivity index (χ0) is 19.6. The van der Waals surface area contributed by atoms with E-state index in [9.17, 15) is 9.90 Å². The molecule has 0 aromatic heterocycles. The Morgan fingerprint density at radius 1 is 0.821 bits per heavy atom. The molecule has 2 N–H and O–H groups in total. The Morgan fingerprint density at radius 3 is 2.00 bits per heavy atom. The van der Waals surface area contributed by atoms with Crippen LogP contribution in [-0.4, -0.2) is 17.7 Å². The second-order valence-corrected chi connectivity index (χ2v) is 6.30. The van der Waals surface area contributed by atoms with Gasteiger partial charge in [-0.2, -0.15) is 0 Å². The standard InChI is InChI=1S/C23H23NO4/c25-22(15-24-23(26)28-17-19-9-5-2-6-10-19)20-11-13-21(14-12-20)27-16-18-7-3-1-4-8-18/h1-14,22,25H,15-17H2,(H,24,26)/t22-/m1/s1. The molecule has 1 amide bonds. The van der Waals surface area contributed by atoms with Crippen LogP contribution in [0.5, 0.6) is 5.75 Å². The summed E-state index contributed by atoms with van der Waals surface area (Å²) in [7, 11) is 0. The molecule has 144 valence electrons. The van der Waals surface area contributed by atoms with Gasteiger partial charge >= 0.3 is 6.09 Å². The number of carbonyl (C=O) groups is 1. The van der Waals surface area contributed by atoms with Crippen molar-refractivity contribution in [3.8, 4) is 5.75 Å². The molecule has 1 atom stereocenters. The van der Waals surface area contributed by atoms with E-state index in [1.807, 2.05) is 60.7 Å². The van der Waals surface area contributed by atoms with Gasteiger partial charge in [-0.1, -0.05) is 72.8 Å². The minimum atomic E-state index is -0.826. The minimum absolute atomic E-state index is 0.0673. The summed E-state index contributed by atoms with van der Waals surface area (Å²) < 4.78 is 10.9. The van der Waals surface area contributed by atoms with Gasteiger partial charge in [0, 0.05) is 0 Å². The van der Waals surface area contributed by atoms with Crippen LogP contribution in [0.2, 0.25) is 0 Å². The summed E-state index contributed by atoms with van der Waals surface area (Å²) in [4.78, 5) is 11.8. The summed E-state index contributed by atoms with van der Waals surface area (Å²) in [6.45, 7) is 0.742. The van der Waals surface area contributed by atoms with Crippen molar-refractivity contribution < 1.29 is 19.4 Å². The van der Waals surface area contributed by atoms with Gasteiger partial charge in [0.25, 0.3) is 0 Å². The number of carbonyl (C=O) groups excluding carboxylic acids is 1. The Labute approximate surface area is 164 Å². The van der Waals surface area contributed by atoms with Gasteiger partial charge in [-0.15, -0.1) is 0 Å². The van der Waals surface area contributed by atoms with Crippen molar-refractivity contribution in [3.63, 3.8) is 0 Å². The van der Waals surface area contributed by atoms with E-state index >= 15 is 0 Å². The van der Waals surface area contributed by atoms with Gasteiger partial charge in [-0.05, 0) is 28.8 Å². The summed E-state index contributed by atoms with van der Waals surface area (Å²) in [5.41, 5.74) is 2.68. The number of aliphatic hydroxyl groups is 1. The summed E-state index contributed by atoms with van der Waals surface area (Å²) in [6.07, 6.45) is -1.39. The Bertz CT molecular complexity index is 851. The summed E-state index contributed by atoms with van der Waals surface area (Å²) in [6, 6.07) is 26.5. The van der Waals surface area contributed by atoms with Crippen molar-refractivity contribution >= 4 is 6.09 Å². The van der Waals surface area contributed by atoms with Gasteiger partial charge in [0.2, 0.25) is 0 Å². The minimum Gasteiger partial charge on any atom is -0.489 e. The molecule has 0 aliphatic heterocycles. The molecule has 0 aliphatic rings. The van der Waals surface area contributed by atoms with Crippen LogP contribution in [0.4, 0.5) is 4.79 Å². The van der Waals surface area contributed by atoms with E-state index < -0.39 is 12.2 Å². The maximum absolute atomic E-state index is 11.8. The lowest BCUT2D eigenvalue weighted by atomic mass is 10.1. The van der Waals surface area contributed by atoms with E-state index in [2.05, 4.69) is 5.32 Å². The number of rotatable bonds is 8. The third-order valence-electron chi connectivity index (χ3n) is 4.17. The maximum atomic E-state index is 11.8. The lowest BCUT2D eigenvalue weighted by molar-refractivity contribution is 0.126. The maximum Gasteiger partial charge on any atom is 0.407 e. The molecular formula is C23H23NO4. The first-order chi connectivity index (χ1) is 13.7. The molecule has 0 fully saturated rings. The van der Waals surface area contributed by atoms with E-state index in [0.717, 1.165) is 16.9 Å². The van der Waals surface area contributed by atoms with Gasteiger partial charge in [0.1, 0.15) is 19.0 Å². The Balaban J connectivity index is 1.41. The zero-order valence-electron chi connectivity index (χ0n) is 15.5. The highest BCUT2D eigenvalue weighted by atomic mass is 16.5. The lowest BCUT2D eigenvalue weighted by Crippen LogP contribution is -2.28. The quantitative estimate of drug-likeness (QED) is 0.617. The summed E-state index contributed by atoms with van der Waals surface area (Å²) >= 11 is 0. The van der Waals surface area contributed by atoms with E-state index in [1.165, 1.54) is 0 Å². The van der Waals surface area contributed by atoms with Crippen LogP contribution in [0.1, 0.15) is 22.8 Å². The average molecular weight is 377 g/mol. The number of ether oxygens (including phenoxy) is 2. The van der Waals surface area contributed by atoms with Crippen LogP contribution >= 0.6 is 0 Å². The van der Waals surface area contributed by atoms with Gasteiger partial charge < -0.3 is 19.9 Å². The fourth-order valence-electron chi connectivity index (χ4n) is 2.60. The molecule has 0 radical (unpaired) electrons. The third kappa shape index (κ3) is 6.14. The van der Waals surface area contributed by atoms with Crippen molar-refractivity contribution in [2.75, 3.05) is 6.54 Å². The fourth-order valence-corrected chi connectivity index (χ4v) is 2.60. The highest BCUT2D eigenvalue weighted by molar-refractivity contribution is 5.67. The summed E-state index contributed by atoms with van der Waals surface area (Å²) in [5, 5.41) is 12.8. The summed E-state index contributed by atoms with van der Waals surface area (Å²) in [5.74, 6) is 0.718. The molecule has 0 bridgehead atoms. The zero-order valence-corrected chi connectivity index (χ0v) is 15.5. The third-order valence-corrected chi connectivity index (χ3v) is 4.17. The Kier molecular flexibility index (Phi) is 7.04. The molecule has 0 heterocycles. The number of alkyl carbamates (subject to hydrolysis) is 1. The fraction of sp³-hybridized carbons (Fsp3) is 0.174. The Hall–Kier alpha value is -3.31. The smallest absolute Gasteiger partial charge is 0.407 e. The number of hydrogen-bond acceptors (Lipinski definition) is 4. The molecule has 28 heavy (non-hydrogen) atoms. The van der Waals surface area contributed by atoms with Crippen LogP contribution in [0.25, 0.3) is 0 Å². The van der Waals surface area contributed by atoms with Crippen molar-refractivity contribution in [1.82, 2.24) is 5.32 Å². The van der Waals surface area contributed by atoms with Crippen molar-refractivity contribution in [1.29, 1.82) is 0 Å². The predicted octanol–water partition coefficient (Wildman–Crippen LogP) is 4.23. The first-order valence-electron chi connectivity index (χ1n) is 9.10. The topological polar surface area (TPSA) is 67.8 Å². The van der Waals surface area contributed by atoms with Crippen LogP contribution in [0, 0.1) is 0 Å². The second-order valence-electron chi connectivity index (χ2n) is 6.30. The highest BCUT2D eigenvalue weighted by Gasteiger charge is 2.10. The molecule has 0 unspecified atom stereocenters. The van der Waals surface area contributed by atoms with Crippen LogP contribution in [0.15, 0.2) is 84.9 Å². The average Bonchev–Trinajstić information content (AvgIpc) is 2.76. The molecular weight excluding hydrogens is 354 g/mol. The van der Waals surface area contributed by atoms with Gasteiger partial charge in [-0.3, -0.25) is 0 Å². The van der Waals surface area contributed by atoms with E-state index in [4.69, 9.17) is 9.47 Å².